The number of hydrogen-bond donors (Lipinski definition) is 0. The molecule has 0 atom stereocenters. The Morgan fingerprint density at radius 1 is 1.19 bits per heavy atom. The molecule has 0 bridgehead atoms. The second kappa shape index (κ2) is 7.22. The molecule has 0 radical (unpaired) electrons. The first kappa shape index (κ1) is 18.0. The van der Waals surface area contributed by atoms with Crippen LogP contribution in [0.5, 0.6) is 5.75 Å². The zero-order chi connectivity index (χ0) is 18.8. The fourth-order valence-electron chi connectivity index (χ4n) is 2.82. The normalized spacial score (nSPS) is 10.8. The van der Waals surface area contributed by atoms with Crippen LogP contribution in [0.15, 0.2) is 45.6 Å². The summed E-state index contributed by atoms with van der Waals surface area (Å²) in [5.41, 5.74) is 2.08. The summed E-state index contributed by atoms with van der Waals surface area (Å²) < 4.78 is 16.0. The Labute approximate surface area is 155 Å². The highest BCUT2D eigenvalue weighted by Crippen LogP contribution is 2.36. The van der Waals surface area contributed by atoms with Gasteiger partial charge in [0.25, 0.3) is 0 Å². The molecule has 0 N–H and O–H groups in total. The number of carbonyl (C=O) groups is 1. The molecule has 0 aliphatic heterocycles. The van der Waals surface area contributed by atoms with Gasteiger partial charge >= 0.3 is 6.16 Å². The maximum absolute atomic E-state index is 13.1. The van der Waals surface area contributed by atoms with Crippen molar-refractivity contribution in [1.29, 1.82) is 0 Å². The van der Waals surface area contributed by atoms with Gasteiger partial charge < -0.3 is 13.9 Å². The van der Waals surface area contributed by atoms with Crippen LogP contribution in [0.2, 0.25) is 5.02 Å². The molecule has 0 aliphatic rings. The maximum Gasteiger partial charge on any atom is 0.514 e. The third-order valence-electron chi connectivity index (χ3n) is 3.86. The molecule has 0 spiro atoms. The van der Waals surface area contributed by atoms with Gasteiger partial charge in [0.2, 0.25) is 11.2 Å². The van der Waals surface area contributed by atoms with Crippen LogP contribution >= 0.6 is 11.6 Å². The average Bonchev–Trinajstić information content (AvgIpc) is 2.57. The summed E-state index contributed by atoms with van der Waals surface area (Å²) in [6, 6.07) is 10.5. The fraction of sp³-hybridized carbons (Fsp3) is 0.200. The van der Waals surface area contributed by atoms with Crippen molar-refractivity contribution < 1.29 is 18.7 Å². The summed E-state index contributed by atoms with van der Waals surface area (Å²) >= 11 is 6.26. The SMILES string of the molecule is CCOC(=O)Oc1c(-c2ccccc2Cl)oc2cc(C)cc(C)c2c1=O. The smallest absolute Gasteiger partial charge is 0.452 e. The summed E-state index contributed by atoms with van der Waals surface area (Å²) in [6.07, 6.45) is -0.975. The van der Waals surface area contributed by atoms with Gasteiger partial charge in [0, 0.05) is 5.56 Å². The van der Waals surface area contributed by atoms with E-state index in [4.69, 9.17) is 25.5 Å². The van der Waals surface area contributed by atoms with Gasteiger partial charge in [-0.25, -0.2) is 4.79 Å². The number of halogens is 1. The molecule has 0 fully saturated rings. The Morgan fingerprint density at radius 2 is 1.92 bits per heavy atom. The van der Waals surface area contributed by atoms with Crippen molar-refractivity contribution in [3.05, 3.63) is 62.8 Å². The van der Waals surface area contributed by atoms with Crippen molar-refractivity contribution in [3.63, 3.8) is 0 Å². The quantitative estimate of drug-likeness (QED) is 0.586. The molecule has 1 aromatic heterocycles. The highest BCUT2D eigenvalue weighted by molar-refractivity contribution is 6.33. The zero-order valence-corrected chi connectivity index (χ0v) is 15.3. The summed E-state index contributed by atoms with van der Waals surface area (Å²) in [7, 11) is 0. The minimum Gasteiger partial charge on any atom is -0.452 e. The van der Waals surface area contributed by atoms with Gasteiger partial charge in [-0.05, 0) is 50.1 Å². The van der Waals surface area contributed by atoms with Gasteiger partial charge in [0.1, 0.15) is 5.58 Å². The molecule has 3 rings (SSSR count). The Bertz CT molecular complexity index is 1050. The van der Waals surface area contributed by atoms with Crippen LogP contribution in [0, 0.1) is 13.8 Å². The molecule has 3 aromatic rings. The highest BCUT2D eigenvalue weighted by Gasteiger charge is 2.23. The van der Waals surface area contributed by atoms with Crippen LogP contribution in [0.25, 0.3) is 22.3 Å². The molecule has 0 unspecified atom stereocenters. The van der Waals surface area contributed by atoms with Gasteiger partial charge in [-0.2, -0.15) is 0 Å². The molecule has 134 valence electrons. The molecular formula is C20H17ClO5. The van der Waals surface area contributed by atoms with E-state index >= 15 is 0 Å². The van der Waals surface area contributed by atoms with E-state index in [-0.39, 0.29) is 18.1 Å². The largest absolute Gasteiger partial charge is 0.514 e. The Morgan fingerprint density at radius 3 is 2.62 bits per heavy atom. The topological polar surface area (TPSA) is 65.7 Å². The molecule has 0 saturated heterocycles. The summed E-state index contributed by atoms with van der Waals surface area (Å²) in [4.78, 5) is 24.9. The van der Waals surface area contributed by atoms with Crippen molar-refractivity contribution in [2.45, 2.75) is 20.8 Å². The van der Waals surface area contributed by atoms with Crippen LogP contribution in [0.3, 0.4) is 0 Å². The summed E-state index contributed by atoms with van der Waals surface area (Å²) in [5, 5.41) is 0.721. The van der Waals surface area contributed by atoms with Crippen molar-refractivity contribution in [2.24, 2.45) is 0 Å². The van der Waals surface area contributed by atoms with E-state index in [0.29, 0.717) is 21.6 Å². The number of rotatable bonds is 3. The maximum atomic E-state index is 13.1. The van der Waals surface area contributed by atoms with E-state index in [1.54, 1.807) is 44.2 Å². The van der Waals surface area contributed by atoms with Crippen molar-refractivity contribution in [1.82, 2.24) is 0 Å². The van der Waals surface area contributed by atoms with Gasteiger partial charge in [-0.3, -0.25) is 4.79 Å². The van der Waals surface area contributed by atoms with Crippen LogP contribution < -0.4 is 10.2 Å². The number of hydrogen-bond acceptors (Lipinski definition) is 5. The number of benzene rings is 2. The molecule has 0 saturated carbocycles. The third-order valence-corrected chi connectivity index (χ3v) is 4.19. The van der Waals surface area contributed by atoms with E-state index in [1.165, 1.54) is 0 Å². The predicted molar refractivity (Wildman–Crippen MR) is 100 cm³/mol. The van der Waals surface area contributed by atoms with Gasteiger partial charge in [0.05, 0.1) is 17.0 Å². The minimum absolute atomic E-state index is 0.0890. The molecule has 6 heteroatoms. The average molecular weight is 373 g/mol. The van der Waals surface area contributed by atoms with E-state index < -0.39 is 11.6 Å². The monoisotopic (exact) mass is 372 g/mol. The zero-order valence-electron chi connectivity index (χ0n) is 14.6. The van der Waals surface area contributed by atoms with Crippen molar-refractivity contribution in [2.75, 3.05) is 6.61 Å². The second-order valence-electron chi connectivity index (χ2n) is 5.81. The first-order chi connectivity index (χ1) is 12.4. The van der Waals surface area contributed by atoms with Crippen LogP contribution in [0.1, 0.15) is 18.1 Å². The van der Waals surface area contributed by atoms with E-state index in [0.717, 1.165) is 11.1 Å². The molecular weight excluding hydrogens is 356 g/mol. The number of aryl methyl sites for hydroxylation is 2. The van der Waals surface area contributed by atoms with Gasteiger partial charge in [-0.1, -0.05) is 29.8 Å². The molecule has 5 nitrogen and oxygen atoms in total. The fourth-order valence-corrected chi connectivity index (χ4v) is 3.04. The number of ether oxygens (including phenoxy) is 2. The summed E-state index contributed by atoms with van der Waals surface area (Å²) in [5.74, 6) is -0.151. The Hall–Kier alpha value is -2.79. The summed E-state index contributed by atoms with van der Waals surface area (Å²) in [6.45, 7) is 5.48. The van der Waals surface area contributed by atoms with E-state index in [9.17, 15) is 9.59 Å². The predicted octanol–water partition coefficient (Wildman–Crippen LogP) is 5.27. The van der Waals surface area contributed by atoms with Crippen LogP contribution in [0.4, 0.5) is 4.79 Å². The van der Waals surface area contributed by atoms with Crippen LogP contribution in [-0.4, -0.2) is 12.8 Å². The molecule has 0 aliphatic carbocycles. The van der Waals surface area contributed by atoms with Gasteiger partial charge in [0.15, 0.2) is 5.76 Å². The van der Waals surface area contributed by atoms with Gasteiger partial charge in [-0.15, -0.1) is 0 Å². The third kappa shape index (κ3) is 3.30. The number of carbonyl (C=O) groups excluding carboxylic acids is 1. The Kier molecular flexibility index (Phi) is 5.00. The molecule has 26 heavy (non-hydrogen) atoms. The highest BCUT2D eigenvalue weighted by atomic mass is 35.5. The van der Waals surface area contributed by atoms with Crippen LogP contribution in [-0.2, 0) is 4.74 Å². The lowest BCUT2D eigenvalue weighted by atomic mass is 10.0. The number of fused-ring (bicyclic) bond motifs is 1. The molecule has 2 aromatic carbocycles. The first-order valence-corrected chi connectivity index (χ1v) is 8.47. The Balaban J connectivity index is 2.35. The van der Waals surface area contributed by atoms with E-state index in [2.05, 4.69) is 0 Å². The van der Waals surface area contributed by atoms with E-state index in [1.807, 2.05) is 13.0 Å². The second-order valence-corrected chi connectivity index (χ2v) is 6.22. The minimum atomic E-state index is -0.975. The van der Waals surface area contributed by atoms with Crippen molar-refractivity contribution in [3.8, 4) is 17.1 Å². The lowest BCUT2D eigenvalue weighted by Crippen LogP contribution is -2.17. The first-order valence-electron chi connectivity index (χ1n) is 8.10. The lowest BCUT2D eigenvalue weighted by molar-refractivity contribution is 0.103. The van der Waals surface area contributed by atoms with Crippen molar-refractivity contribution >= 4 is 28.7 Å². The molecule has 0 amide bonds. The standard InChI is InChI=1S/C20H17ClO5/c1-4-24-20(23)26-19-17(22)16-12(3)9-11(2)10-15(16)25-18(19)13-7-5-6-8-14(13)21/h5-10H,4H2,1-3H3. The lowest BCUT2D eigenvalue weighted by Gasteiger charge is -2.12. The molecule has 1 heterocycles.